The molecule has 1 aromatic carbocycles. The Morgan fingerprint density at radius 1 is 1.30 bits per heavy atom. The third-order valence-electron chi connectivity index (χ3n) is 4.20. The Kier molecular flexibility index (Phi) is 5.60. The zero-order valence-electron chi connectivity index (χ0n) is 12.5. The number of rotatable bonds is 6. The van der Waals surface area contributed by atoms with Gasteiger partial charge in [0.1, 0.15) is 0 Å². The second-order valence-corrected chi connectivity index (χ2v) is 5.92. The Hall–Kier alpha value is -1.35. The lowest BCUT2D eigenvalue weighted by atomic mass is 10.1. The third kappa shape index (κ3) is 4.34. The summed E-state index contributed by atoms with van der Waals surface area (Å²) < 4.78 is 0. The van der Waals surface area contributed by atoms with E-state index in [1.165, 1.54) is 11.1 Å². The lowest BCUT2D eigenvalue weighted by molar-refractivity contribution is -0.130. The molecule has 0 aromatic heterocycles. The van der Waals surface area contributed by atoms with Crippen LogP contribution in [0.5, 0.6) is 0 Å². The molecule has 3 nitrogen and oxygen atoms in total. The lowest BCUT2D eigenvalue weighted by Gasteiger charge is -2.16. The number of hydrogen-bond acceptors (Lipinski definition) is 2. The maximum absolute atomic E-state index is 12.0. The van der Waals surface area contributed by atoms with E-state index in [1.807, 2.05) is 4.90 Å². The van der Waals surface area contributed by atoms with Crippen molar-refractivity contribution in [2.24, 2.45) is 11.7 Å². The second-order valence-electron chi connectivity index (χ2n) is 5.92. The van der Waals surface area contributed by atoms with E-state index in [0.717, 1.165) is 38.8 Å². The number of nitrogens with two attached hydrogens (primary N) is 1. The highest BCUT2D eigenvalue weighted by Crippen LogP contribution is 2.17. The zero-order chi connectivity index (χ0) is 14.4. The lowest BCUT2D eigenvalue weighted by Crippen LogP contribution is -2.29. The van der Waals surface area contributed by atoms with Crippen molar-refractivity contribution in [3.63, 3.8) is 0 Å². The van der Waals surface area contributed by atoms with E-state index in [0.29, 0.717) is 24.8 Å². The number of amides is 1. The van der Waals surface area contributed by atoms with Gasteiger partial charge in [0.15, 0.2) is 0 Å². The molecule has 1 atom stereocenters. The van der Waals surface area contributed by atoms with Gasteiger partial charge in [-0.3, -0.25) is 4.79 Å². The van der Waals surface area contributed by atoms with Gasteiger partial charge in [0.25, 0.3) is 0 Å². The summed E-state index contributed by atoms with van der Waals surface area (Å²) in [4.78, 5) is 14.0. The Bertz CT molecular complexity index is 427. The van der Waals surface area contributed by atoms with Gasteiger partial charge in [0, 0.05) is 19.5 Å². The molecule has 2 rings (SSSR count). The van der Waals surface area contributed by atoms with Gasteiger partial charge in [-0.25, -0.2) is 0 Å². The molecule has 1 aliphatic rings. The van der Waals surface area contributed by atoms with Crippen LogP contribution in [0.1, 0.15) is 36.8 Å². The number of benzene rings is 1. The second kappa shape index (κ2) is 7.44. The maximum atomic E-state index is 12.0. The summed E-state index contributed by atoms with van der Waals surface area (Å²) in [5.41, 5.74) is 8.32. The van der Waals surface area contributed by atoms with Crippen LogP contribution >= 0.6 is 0 Å². The minimum absolute atomic E-state index is 0.310. The first kappa shape index (κ1) is 15.0. The van der Waals surface area contributed by atoms with Crippen molar-refractivity contribution in [3.05, 3.63) is 35.4 Å². The summed E-state index contributed by atoms with van der Waals surface area (Å²) in [6.45, 7) is 4.58. The first-order valence-corrected chi connectivity index (χ1v) is 7.72. The monoisotopic (exact) mass is 274 g/mol. The van der Waals surface area contributed by atoms with Gasteiger partial charge in [-0.15, -0.1) is 0 Å². The third-order valence-corrected chi connectivity index (χ3v) is 4.20. The molecule has 0 saturated carbocycles. The van der Waals surface area contributed by atoms with Crippen LogP contribution in [0, 0.1) is 12.8 Å². The zero-order valence-corrected chi connectivity index (χ0v) is 12.5. The maximum Gasteiger partial charge on any atom is 0.222 e. The minimum atomic E-state index is 0.310. The molecule has 0 aliphatic carbocycles. The summed E-state index contributed by atoms with van der Waals surface area (Å²) in [7, 11) is 0. The molecule has 1 heterocycles. The molecule has 3 heteroatoms. The highest BCUT2D eigenvalue weighted by atomic mass is 16.2. The molecule has 1 saturated heterocycles. The van der Waals surface area contributed by atoms with Gasteiger partial charge in [0.2, 0.25) is 5.91 Å². The number of aryl methyl sites for hydroxylation is 2. The molecule has 0 spiro atoms. The summed E-state index contributed by atoms with van der Waals surface area (Å²) in [5.74, 6) is 0.830. The first-order valence-electron chi connectivity index (χ1n) is 7.72. The standard InChI is InChI=1S/C17H26N2O/c1-14-6-8-15(9-7-14)4-2-3-5-17(20)19-11-10-16(12-18)13-19/h6-9,16H,2-5,10-13,18H2,1H3. The molecule has 20 heavy (non-hydrogen) atoms. The van der Waals surface area contributed by atoms with E-state index in [-0.39, 0.29) is 0 Å². The van der Waals surface area contributed by atoms with E-state index < -0.39 is 0 Å². The van der Waals surface area contributed by atoms with Crippen LogP contribution in [0.4, 0.5) is 0 Å². The van der Waals surface area contributed by atoms with Crippen LogP contribution in [0.2, 0.25) is 0 Å². The van der Waals surface area contributed by atoms with Crippen LogP contribution in [0.25, 0.3) is 0 Å². The Morgan fingerprint density at radius 3 is 2.70 bits per heavy atom. The van der Waals surface area contributed by atoms with Crippen molar-refractivity contribution < 1.29 is 4.79 Å². The van der Waals surface area contributed by atoms with Crippen LogP contribution < -0.4 is 5.73 Å². The molecular weight excluding hydrogens is 248 g/mol. The number of hydrogen-bond donors (Lipinski definition) is 1. The van der Waals surface area contributed by atoms with Gasteiger partial charge in [-0.1, -0.05) is 29.8 Å². The summed E-state index contributed by atoms with van der Waals surface area (Å²) >= 11 is 0. The Balaban J connectivity index is 1.63. The van der Waals surface area contributed by atoms with Crippen molar-refractivity contribution in [1.29, 1.82) is 0 Å². The molecule has 0 radical (unpaired) electrons. The largest absolute Gasteiger partial charge is 0.342 e. The Labute approximate surface area is 122 Å². The predicted octanol–water partition coefficient (Wildman–Crippen LogP) is 2.52. The number of carbonyl (C=O) groups excluding carboxylic acids is 1. The van der Waals surface area contributed by atoms with Crippen molar-refractivity contribution >= 4 is 5.91 Å². The topological polar surface area (TPSA) is 46.3 Å². The molecular formula is C17H26N2O. The van der Waals surface area contributed by atoms with E-state index >= 15 is 0 Å². The van der Waals surface area contributed by atoms with Crippen molar-refractivity contribution in [3.8, 4) is 0 Å². The summed E-state index contributed by atoms with van der Waals surface area (Å²) in [6, 6.07) is 8.67. The fraction of sp³-hybridized carbons (Fsp3) is 0.588. The minimum Gasteiger partial charge on any atom is -0.342 e. The number of unbranched alkanes of at least 4 members (excludes halogenated alkanes) is 1. The van der Waals surface area contributed by atoms with Gasteiger partial charge in [-0.05, 0) is 50.6 Å². The van der Waals surface area contributed by atoms with E-state index in [1.54, 1.807) is 0 Å². The van der Waals surface area contributed by atoms with Crippen molar-refractivity contribution in [1.82, 2.24) is 4.90 Å². The van der Waals surface area contributed by atoms with Crippen LogP contribution in [0.15, 0.2) is 24.3 Å². The normalized spacial score (nSPS) is 18.5. The quantitative estimate of drug-likeness (QED) is 0.810. The van der Waals surface area contributed by atoms with Gasteiger partial charge in [-0.2, -0.15) is 0 Å². The van der Waals surface area contributed by atoms with E-state index in [2.05, 4.69) is 31.2 Å². The van der Waals surface area contributed by atoms with E-state index in [9.17, 15) is 4.79 Å². The summed E-state index contributed by atoms with van der Waals surface area (Å²) in [6.07, 6.45) is 4.90. The van der Waals surface area contributed by atoms with E-state index in [4.69, 9.17) is 5.73 Å². The number of carbonyl (C=O) groups is 1. The number of likely N-dealkylation sites (tertiary alicyclic amines) is 1. The van der Waals surface area contributed by atoms with Gasteiger partial charge >= 0.3 is 0 Å². The average molecular weight is 274 g/mol. The molecule has 0 bridgehead atoms. The predicted molar refractivity (Wildman–Crippen MR) is 82.5 cm³/mol. The van der Waals surface area contributed by atoms with Gasteiger partial charge < -0.3 is 10.6 Å². The summed E-state index contributed by atoms with van der Waals surface area (Å²) in [5, 5.41) is 0. The fourth-order valence-electron chi connectivity index (χ4n) is 2.77. The van der Waals surface area contributed by atoms with Crippen LogP contribution in [0.3, 0.4) is 0 Å². The average Bonchev–Trinajstić information content (AvgIpc) is 2.94. The fourth-order valence-corrected chi connectivity index (χ4v) is 2.77. The molecule has 1 amide bonds. The Morgan fingerprint density at radius 2 is 2.05 bits per heavy atom. The molecule has 110 valence electrons. The highest BCUT2D eigenvalue weighted by Gasteiger charge is 2.24. The first-order chi connectivity index (χ1) is 9.69. The van der Waals surface area contributed by atoms with Crippen LogP contribution in [-0.2, 0) is 11.2 Å². The molecule has 1 aliphatic heterocycles. The highest BCUT2D eigenvalue weighted by molar-refractivity contribution is 5.76. The molecule has 1 unspecified atom stereocenters. The molecule has 1 aromatic rings. The number of nitrogens with zero attached hydrogens (tertiary/aromatic N) is 1. The SMILES string of the molecule is Cc1ccc(CCCCC(=O)N2CCC(CN)C2)cc1. The van der Waals surface area contributed by atoms with Crippen molar-refractivity contribution in [2.75, 3.05) is 19.6 Å². The van der Waals surface area contributed by atoms with Gasteiger partial charge in [0.05, 0.1) is 0 Å². The smallest absolute Gasteiger partial charge is 0.222 e. The molecule has 1 fully saturated rings. The van der Waals surface area contributed by atoms with Crippen molar-refractivity contribution in [2.45, 2.75) is 39.0 Å². The molecule has 2 N–H and O–H groups in total. The van der Waals surface area contributed by atoms with Crippen LogP contribution in [-0.4, -0.2) is 30.4 Å².